The molecule has 1 aliphatic carbocycles. The van der Waals surface area contributed by atoms with E-state index in [0.29, 0.717) is 13.0 Å². The quantitative estimate of drug-likeness (QED) is 0.811. The number of nitrogens with two attached hydrogens (primary N) is 1. The first-order chi connectivity index (χ1) is 8.61. The molecule has 0 aromatic heterocycles. The van der Waals surface area contributed by atoms with Crippen molar-refractivity contribution >= 4 is 5.97 Å². The highest BCUT2D eigenvalue weighted by molar-refractivity contribution is 5.71. The Balaban J connectivity index is 1.78. The molecule has 0 radical (unpaired) electrons. The van der Waals surface area contributed by atoms with Crippen LogP contribution >= 0.6 is 0 Å². The molecule has 0 saturated heterocycles. The van der Waals surface area contributed by atoms with Crippen molar-refractivity contribution in [3.63, 3.8) is 0 Å². The van der Waals surface area contributed by atoms with Gasteiger partial charge in [-0.15, -0.1) is 0 Å². The van der Waals surface area contributed by atoms with Crippen LogP contribution in [0.5, 0.6) is 5.75 Å². The Morgan fingerprint density at radius 2 is 2.00 bits per heavy atom. The Morgan fingerprint density at radius 3 is 2.50 bits per heavy atom. The van der Waals surface area contributed by atoms with Crippen LogP contribution in [0.3, 0.4) is 0 Å². The van der Waals surface area contributed by atoms with Crippen molar-refractivity contribution in [2.45, 2.75) is 37.8 Å². The summed E-state index contributed by atoms with van der Waals surface area (Å²) in [4.78, 5) is 11.6. The number of hydrogen-bond acceptors (Lipinski definition) is 4. The normalized spacial score (nSPS) is 16.8. The molecule has 4 nitrogen and oxygen atoms in total. The molecular formula is C14H19NO3. The van der Waals surface area contributed by atoms with Crippen LogP contribution in [0, 0.1) is 0 Å². The van der Waals surface area contributed by atoms with Gasteiger partial charge >= 0.3 is 5.97 Å². The molecule has 0 atom stereocenters. The summed E-state index contributed by atoms with van der Waals surface area (Å²) in [6.07, 6.45) is 3.28. The second-order valence-corrected chi connectivity index (χ2v) is 4.90. The fourth-order valence-corrected chi connectivity index (χ4v) is 2.03. The molecule has 1 aromatic rings. The highest BCUT2D eigenvalue weighted by atomic mass is 16.5. The van der Waals surface area contributed by atoms with Crippen LogP contribution in [0.15, 0.2) is 24.3 Å². The molecule has 0 amide bonds. The predicted molar refractivity (Wildman–Crippen MR) is 68.2 cm³/mol. The number of benzene rings is 1. The van der Waals surface area contributed by atoms with E-state index < -0.39 is 0 Å². The summed E-state index contributed by atoms with van der Waals surface area (Å²) in [6.45, 7) is 0.291. The Bertz CT molecular complexity index is 410. The van der Waals surface area contributed by atoms with Crippen molar-refractivity contribution in [1.29, 1.82) is 0 Å². The lowest BCUT2D eigenvalue weighted by atomic mass is 9.75. The number of carbonyl (C=O) groups is 1. The molecule has 1 saturated carbocycles. The minimum Gasteiger partial charge on any atom is -0.497 e. The van der Waals surface area contributed by atoms with Gasteiger partial charge in [0, 0.05) is 5.54 Å². The highest BCUT2D eigenvalue weighted by Crippen LogP contribution is 2.32. The first-order valence-electron chi connectivity index (χ1n) is 6.19. The van der Waals surface area contributed by atoms with E-state index >= 15 is 0 Å². The van der Waals surface area contributed by atoms with E-state index in [4.69, 9.17) is 15.2 Å². The number of esters is 1. The Morgan fingerprint density at radius 1 is 1.33 bits per heavy atom. The van der Waals surface area contributed by atoms with E-state index in [-0.39, 0.29) is 11.5 Å². The molecule has 2 N–H and O–H groups in total. The first-order valence-corrected chi connectivity index (χ1v) is 6.19. The summed E-state index contributed by atoms with van der Waals surface area (Å²) in [5.74, 6) is 0.577. The first kappa shape index (κ1) is 12.9. The van der Waals surface area contributed by atoms with Gasteiger partial charge in [0.05, 0.1) is 13.5 Å². The van der Waals surface area contributed by atoms with Crippen molar-refractivity contribution in [2.75, 3.05) is 7.11 Å². The molecule has 0 bridgehead atoms. The van der Waals surface area contributed by atoms with Crippen molar-refractivity contribution in [3.8, 4) is 5.75 Å². The van der Waals surface area contributed by atoms with Crippen molar-refractivity contribution in [1.82, 2.24) is 0 Å². The molecule has 0 unspecified atom stereocenters. The average molecular weight is 249 g/mol. The van der Waals surface area contributed by atoms with Crippen molar-refractivity contribution in [3.05, 3.63) is 29.8 Å². The van der Waals surface area contributed by atoms with Crippen LogP contribution < -0.4 is 10.5 Å². The van der Waals surface area contributed by atoms with E-state index in [1.807, 2.05) is 24.3 Å². The standard InChI is InChI=1S/C14H19NO3/c1-17-12-5-3-11(4-6-12)10-18-13(16)9-14(15)7-2-8-14/h3-6H,2,7-10,15H2,1H3. The fraction of sp³-hybridized carbons (Fsp3) is 0.500. The molecule has 2 rings (SSSR count). The van der Waals surface area contributed by atoms with Crippen LogP contribution in [0.4, 0.5) is 0 Å². The highest BCUT2D eigenvalue weighted by Gasteiger charge is 2.35. The summed E-state index contributed by atoms with van der Waals surface area (Å²) in [7, 11) is 1.62. The van der Waals surface area contributed by atoms with E-state index in [1.54, 1.807) is 7.11 Å². The summed E-state index contributed by atoms with van der Waals surface area (Å²) >= 11 is 0. The second kappa shape index (κ2) is 5.40. The lowest BCUT2D eigenvalue weighted by Crippen LogP contribution is -2.48. The minimum atomic E-state index is -0.309. The molecule has 1 aromatic carbocycles. The molecular weight excluding hydrogens is 230 g/mol. The second-order valence-electron chi connectivity index (χ2n) is 4.90. The van der Waals surface area contributed by atoms with Crippen molar-refractivity contribution < 1.29 is 14.3 Å². The number of hydrogen-bond donors (Lipinski definition) is 1. The third kappa shape index (κ3) is 3.23. The zero-order valence-electron chi connectivity index (χ0n) is 10.6. The van der Waals surface area contributed by atoms with E-state index in [0.717, 1.165) is 30.6 Å². The van der Waals surface area contributed by atoms with Gasteiger partial charge in [0.1, 0.15) is 12.4 Å². The van der Waals surface area contributed by atoms with Gasteiger partial charge in [-0.2, -0.15) is 0 Å². The summed E-state index contributed by atoms with van der Waals surface area (Å²) in [5.41, 5.74) is 6.63. The van der Waals surface area contributed by atoms with Gasteiger partial charge in [-0.25, -0.2) is 0 Å². The zero-order chi connectivity index (χ0) is 13.0. The average Bonchev–Trinajstić information content (AvgIpc) is 2.35. The molecule has 0 spiro atoms. The lowest BCUT2D eigenvalue weighted by molar-refractivity contribution is -0.147. The topological polar surface area (TPSA) is 61.5 Å². The largest absolute Gasteiger partial charge is 0.497 e. The van der Waals surface area contributed by atoms with Gasteiger partial charge in [0.15, 0.2) is 0 Å². The number of rotatable bonds is 5. The number of ether oxygens (including phenoxy) is 2. The fourth-order valence-electron chi connectivity index (χ4n) is 2.03. The van der Waals surface area contributed by atoms with Crippen LogP contribution in [-0.2, 0) is 16.1 Å². The smallest absolute Gasteiger partial charge is 0.307 e. The Hall–Kier alpha value is -1.55. The Labute approximate surface area is 107 Å². The SMILES string of the molecule is COc1ccc(COC(=O)CC2(N)CCC2)cc1. The molecule has 1 aliphatic rings. The van der Waals surface area contributed by atoms with Crippen LogP contribution in [0.1, 0.15) is 31.2 Å². The number of carbonyl (C=O) groups excluding carboxylic acids is 1. The third-order valence-electron chi connectivity index (χ3n) is 3.40. The maximum Gasteiger partial charge on any atom is 0.307 e. The van der Waals surface area contributed by atoms with Gasteiger partial charge in [-0.05, 0) is 37.0 Å². The maximum atomic E-state index is 11.6. The summed E-state index contributed by atoms with van der Waals surface area (Å²) in [6, 6.07) is 7.46. The van der Waals surface area contributed by atoms with Gasteiger partial charge in [0.2, 0.25) is 0 Å². The van der Waals surface area contributed by atoms with E-state index in [1.165, 1.54) is 0 Å². The summed E-state index contributed by atoms with van der Waals surface area (Å²) in [5, 5.41) is 0. The van der Waals surface area contributed by atoms with Gasteiger partial charge in [-0.1, -0.05) is 12.1 Å². The van der Waals surface area contributed by atoms with E-state index in [9.17, 15) is 4.79 Å². The van der Waals surface area contributed by atoms with Gasteiger partial charge in [-0.3, -0.25) is 4.79 Å². The van der Waals surface area contributed by atoms with Crippen LogP contribution in [0.25, 0.3) is 0 Å². The van der Waals surface area contributed by atoms with Crippen LogP contribution in [-0.4, -0.2) is 18.6 Å². The molecule has 0 heterocycles. The molecule has 98 valence electrons. The van der Waals surface area contributed by atoms with Crippen LogP contribution in [0.2, 0.25) is 0 Å². The summed E-state index contributed by atoms with van der Waals surface area (Å²) < 4.78 is 10.3. The van der Waals surface area contributed by atoms with Crippen molar-refractivity contribution in [2.24, 2.45) is 5.73 Å². The molecule has 1 fully saturated rings. The maximum absolute atomic E-state index is 11.6. The van der Waals surface area contributed by atoms with Gasteiger partial charge in [0.25, 0.3) is 0 Å². The third-order valence-corrected chi connectivity index (χ3v) is 3.40. The monoisotopic (exact) mass is 249 g/mol. The number of methoxy groups -OCH3 is 1. The van der Waals surface area contributed by atoms with Gasteiger partial charge < -0.3 is 15.2 Å². The minimum absolute atomic E-state index is 0.215. The Kier molecular flexibility index (Phi) is 3.87. The molecule has 0 aliphatic heterocycles. The molecule has 18 heavy (non-hydrogen) atoms. The van der Waals surface area contributed by atoms with E-state index in [2.05, 4.69) is 0 Å². The zero-order valence-corrected chi connectivity index (χ0v) is 10.6. The molecule has 4 heteroatoms. The predicted octanol–water partition coefficient (Wildman–Crippen LogP) is 2.01. The lowest BCUT2D eigenvalue weighted by Gasteiger charge is -2.37.